The number of H-pyrrole nitrogens is 1. The molecular formula is C18H15Cl2N3O2. The van der Waals surface area contributed by atoms with Crippen LogP contribution in [0.1, 0.15) is 12.5 Å². The SMILES string of the molecule is C[C@H](Oc1ccc(Cl)cc1Cl)C(=O)N/N=C/c1c[nH]c2ccccc12. The fourth-order valence-electron chi connectivity index (χ4n) is 2.27. The number of hydrazone groups is 1. The summed E-state index contributed by atoms with van der Waals surface area (Å²) in [7, 11) is 0. The Morgan fingerprint density at radius 2 is 2.08 bits per heavy atom. The Balaban J connectivity index is 1.61. The lowest BCUT2D eigenvalue weighted by Gasteiger charge is -2.14. The summed E-state index contributed by atoms with van der Waals surface area (Å²) in [5.74, 6) is -0.00330. The highest BCUT2D eigenvalue weighted by Crippen LogP contribution is 2.28. The molecule has 1 amide bonds. The van der Waals surface area contributed by atoms with Gasteiger partial charge in [0.15, 0.2) is 6.10 Å². The number of carbonyl (C=O) groups is 1. The van der Waals surface area contributed by atoms with Gasteiger partial charge < -0.3 is 9.72 Å². The van der Waals surface area contributed by atoms with Crippen LogP contribution in [0.25, 0.3) is 10.9 Å². The summed E-state index contributed by atoms with van der Waals surface area (Å²) in [5.41, 5.74) is 4.34. The molecule has 0 saturated carbocycles. The van der Waals surface area contributed by atoms with Crippen molar-refractivity contribution in [1.29, 1.82) is 0 Å². The molecule has 0 unspecified atom stereocenters. The fraction of sp³-hybridized carbons (Fsp3) is 0.111. The minimum absolute atomic E-state index is 0.342. The van der Waals surface area contributed by atoms with E-state index < -0.39 is 6.10 Å². The molecule has 0 aliphatic rings. The minimum atomic E-state index is -0.765. The topological polar surface area (TPSA) is 66.5 Å². The van der Waals surface area contributed by atoms with Gasteiger partial charge in [0.2, 0.25) is 0 Å². The molecule has 0 saturated heterocycles. The predicted molar refractivity (Wildman–Crippen MR) is 101 cm³/mol. The number of ether oxygens (including phenoxy) is 1. The minimum Gasteiger partial charge on any atom is -0.479 e. The zero-order chi connectivity index (χ0) is 17.8. The van der Waals surface area contributed by atoms with Crippen LogP contribution in [-0.2, 0) is 4.79 Å². The molecule has 2 aromatic carbocycles. The zero-order valence-electron chi connectivity index (χ0n) is 13.3. The fourth-order valence-corrected chi connectivity index (χ4v) is 2.72. The van der Waals surface area contributed by atoms with E-state index in [1.165, 1.54) is 0 Å². The van der Waals surface area contributed by atoms with E-state index in [0.29, 0.717) is 15.8 Å². The molecule has 7 heteroatoms. The second-order valence-corrected chi connectivity index (χ2v) is 6.20. The molecular weight excluding hydrogens is 361 g/mol. The molecule has 0 fully saturated rings. The van der Waals surface area contributed by atoms with E-state index in [1.807, 2.05) is 30.5 Å². The number of benzene rings is 2. The van der Waals surface area contributed by atoms with Crippen molar-refractivity contribution in [1.82, 2.24) is 10.4 Å². The molecule has 0 spiro atoms. The molecule has 128 valence electrons. The van der Waals surface area contributed by atoms with Crippen molar-refractivity contribution < 1.29 is 9.53 Å². The van der Waals surface area contributed by atoms with Gasteiger partial charge in [-0.25, -0.2) is 5.43 Å². The number of hydrogen-bond donors (Lipinski definition) is 2. The lowest BCUT2D eigenvalue weighted by atomic mass is 10.2. The Bertz CT molecular complexity index is 937. The second kappa shape index (κ2) is 7.59. The van der Waals surface area contributed by atoms with Gasteiger partial charge in [0.05, 0.1) is 11.2 Å². The maximum atomic E-state index is 12.1. The number of carbonyl (C=O) groups excluding carboxylic acids is 1. The number of amides is 1. The Labute approximate surface area is 154 Å². The highest BCUT2D eigenvalue weighted by molar-refractivity contribution is 6.35. The summed E-state index contributed by atoms with van der Waals surface area (Å²) >= 11 is 11.9. The number of hydrogen-bond acceptors (Lipinski definition) is 3. The van der Waals surface area contributed by atoms with Crippen LogP contribution in [0.5, 0.6) is 5.75 Å². The summed E-state index contributed by atoms with van der Waals surface area (Å²) in [6.07, 6.45) is 2.64. The summed E-state index contributed by atoms with van der Waals surface area (Å²) in [5, 5.41) is 5.85. The van der Waals surface area contributed by atoms with Crippen molar-refractivity contribution in [3.63, 3.8) is 0 Å². The monoisotopic (exact) mass is 375 g/mol. The highest BCUT2D eigenvalue weighted by atomic mass is 35.5. The number of para-hydroxylation sites is 1. The van der Waals surface area contributed by atoms with Crippen LogP contribution >= 0.6 is 23.2 Å². The van der Waals surface area contributed by atoms with Gasteiger partial charge in [0, 0.05) is 27.7 Å². The van der Waals surface area contributed by atoms with Gasteiger partial charge in [-0.1, -0.05) is 41.4 Å². The van der Waals surface area contributed by atoms with E-state index >= 15 is 0 Å². The number of fused-ring (bicyclic) bond motifs is 1. The average molecular weight is 376 g/mol. The van der Waals surface area contributed by atoms with E-state index in [4.69, 9.17) is 27.9 Å². The highest BCUT2D eigenvalue weighted by Gasteiger charge is 2.15. The van der Waals surface area contributed by atoms with Crippen LogP contribution in [0, 0.1) is 0 Å². The third-order valence-corrected chi connectivity index (χ3v) is 4.10. The molecule has 5 nitrogen and oxygen atoms in total. The van der Waals surface area contributed by atoms with E-state index in [2.05, 4.69) is 15.5 Å². The van der Waals surface area contributed by atoms with Crippen LogP contribution in [-0.4, -0.2) is 23.2 Å². The van der Waals surface area contributed by atoms with Gasteiger partial charge in [0.1, 0.15) is 5.75 Å². The average Bonchev–Trinajstić information content (AvgIpc) is 3.00. The maximum Gasteiger partial charge on any atom is 0.280 e. The van der Waals surface area contributed by atoms with Crippen molar-refractivity contribution in [3.8, 4) is 5.75 Å². The largest absolute Gasteiger partial charge is 0.479 e. The van der Waals surface area contributed by atoms with E-state index in [1.54, 1.807) is 31.3 Å². The van der Waals surface area contributed by atoms with Crippen LogP contribution in [0.15, 0.2) is 53.8 Å². The Morgan fingerprint density at radius 3 is 2.88 bits per heavy atom. The predicted octanol–water partition coefficient (Wildman–Crippen LogP) is 4.39. The molecule has 0 aliphatic heterocycles. The number of aromatic amines is 1. The first-order valence-corrected chi connectivity index (χ1v) is 8.31. The van der Waals surface area contributed by atoms with E-state index in [9.17, 15) is 4.79 Å². The zero-order valence-corrected chi connectivity index (χ0v) is 14.8. The molecule has 0 radical (unpaired) electrons. The lowest BCUT2D eigenvalue weighted by molar-refractivity contribution is -0.127. The molecule has 3 aromatic rings. The Kier molecular flexibility index (Phi) is 5.26. The molecule has 25 heavy (non-hydrogen) atoms. The first-order valence-electron chi connectivity index (χ1n) is 7.55. The normalized spacial score (nSPS) is 12.4. The first-order chi connectivity index (χ1) is 12.0. The summed E-state index contributed by atoms with van der Waals surface area (Å²) in [6.45, 7) is 1.61. The third kappa shape index (κ3) is 4.13. The number of nitrogens with zero attached hydrogens (tertiary/aromatic N) is 1. The number of rotatable bonds is 5. The Morgan fingerprint density at radius 1 is 1.28 bits per heavy atom. The van der Waals surface area contributed by atoms with Crippen LogP contribution in [0.2, 0.25) is 10.0 Å². The molecule has 3 rings (SSSR count). The van der Waals surface area contributed by atoms with Crippen LogP contribution in [0.3, 0.4) is 0 Å². The van der Waals surface area contributed by atoms with E-state index in [-0.39, 0.29) is 5.91 Å². The smallest absolute Gasteiger partial charge is 0.280 e. The van der Waals surface area contributed by atoms with Crippen molar-refractivity contribution in [3.05, 3.63) is 64.3 Å². The summed E-state index contributed by atoms with van der Waals surface area (Å²) in [4.78, 5) is 15.2. The second-order valence-electron chi connectivity index (χ2n) is 5.36. The quantitative estimate of drug-likeness (QED) is 0.512. The summed E-state index contributed by atoms with van der Waals surface area (Å²) < 4.78 is 5.54. The molecule has 0 aliphatic carbocycles. The van der Waals surface area contributed by atoms with Crippen molar-refractivity contribution in [2.45, 2.75) is 13.0 Å². The van der Waals surface area contributed by atoms with Gasteiger partial charge in [-0.15, -0.1) is 0 Å². The molecule has 2 N–H and O–H groups in total. The Hall–Kier alpha value is -2.50. The number of aromatic nitrogens is 1. The van der Waals surface area contributed by atoms with Gasteiger partial charge in [-0.3, -0.25) is 4.79 Å². The molecule has 1 aromatic heterocycles. The molecule has 1 heterocycles. The third-order valence-electron chi connectivity index (χ3n) is 3.57. The molecule has 0 bridgehead atoms. The standard InChI is InChI=1S/C18H15Cl2N3O2/c1-11(25-17-7-6-13(19)8-15(17)20)18(24)23-22-10-12-9-21-16-5-3-2-4-14(12)16/h2-11,21H,1H3,(H,23,24)/b22-10+/t11-/m0/s1. The number of halogens is 2. The van der Waals surface area contributed by atoms with Crippen molar-refractivity contribution >= 4 is 46.2 Å². The number of nitrogens with one attached hydrogen (secondary N) is 2. The van der Waals surface area contributed by atoms with Gasteiger partial charge in [0.25, 0.3) is 5.91 Å². The molecule has 1 atom stereocenters. The van der Waals surface area contributed by atoms with Crippen molar-refractivity contribution in [2.24, 2.45) is 5.10 Å². The summed E-state index contributed by atoms with van der Waals surface area (Å²) in [6, 6.07) is 12.6. The van der Waals surface area contributed by atoms with Gasteiger partial charge in [-0.05, 0) is 31.2 Å². The van der Waals surface area contributed by atoms with Gasteiger partial charge >= 0.3 is 0 Å². The lowest BCUT2D eigenvalue weighted by Crippen LogP contribution is -2.33. The first kappa shape index (κ1) is 17.3. The maximum absolute atomic E-state index is 12.1. The van der Waals surface area contributed by atoms with E-state index in [0.717, 1.165) is 16.5 Å². The van der Waals surface area contributed by atoms with Crippen LogP contribution < -0.4 is 10.2 Å². The van der Waals surface area contributed by atoms with Crippen LogP contribution in [0.4, 0.5) is 0 Å². The van der Waals surface area contributed by atoms with Gasteiger partial charge in [-0.2, -0.15) is 5.10 Å². The van der Waals surface area contributed by atoms with Crippen molar-refractivity contribution in [2.75, 3.05) is 0 Å².